The van der Waals surface area contributed by atoms with E-state index >= 15 is 0 Å². The highest BCUT2D eigenvalue weighted by atomic mass is 16.5. The minimum absolute atomic E-state index is 0.0838. The average molecular weight is 403 g/mol. The van der Waals surface area contributed by atoms with E-state index in [0.29, 0.717) is 5.56 Å². The second-order valence-corrected chi connectivity index (χ2v) is 7.00. The Morgan fingerprint density at radius 2 is 1.79 bits per heavy atom. The highest BCUT2D eigenvalue weighted by Gasteiger charge is 2.41. The number of carbonyl (C=O) groups is 1. The van der Waals surface area contributed by atoms with Crippen LogP contribution >= 0.6 is 0 Å². The van der Waals surface area contributed by atoms with Crippen molar-refractivity contribution >= 4 is 17.7 Å². The maximum absolute atomic E-state index is 12.4. The van der Waals surface area contributed by atoms with Gasteiger partial charge in [-0.05, 0) is 44.5 Å². The standard InChI is InChI=1S/C21H29N3O5/c1-4-24(5-2)16-8-6-14(7-9-16)10-15(11-22)21(28)23-12-17-19(26)20(27)18(25)13(3)29-17/h6-10,13,17-20,25-27H,4-5,12H2,1-3H3,(H,23,28)/b15-10+/t13?,17-,18+,19-,20-/m1/s1. The van der Waals surface area contributed by atoms with Gasteiger partial charge in [-0.3, -0.25) is 4.79 Å². The zero-order chi connectivity index (χ0) is 21.6. The minimum Gasteiger partial charge on any atom is -0.388 e. The first-order chi connectivity index (χ1) is 13.8. The smallest absolute Gasteiger partial charge is 0.262 e. The molecule has 1 fully saturated rings. The Morgan fingerprint density at radius 1 is 1.17 bits per heavy atom. The number of carbonyl (C=O) groups excluding carboxylic acids is 1. The van der Waals surface area contributed by atoms with Crippen molar-refractivity contribution in [1.29, 1.82) is 5.26 Å². The Morgan fingerprint density at radius 3 is 2.34 bits per heavy atom. The fourth-order valence-corrected chi connectivity index (χ4v) is 3.28. The van der Waals surface area contributed by atoms with E-state index in [1.807, 2.05) is 30.3 Å². The van der Waals surface area contributed by atoms with Gasteiger partial charge in [0.1, 0.15) is 36.1 Å². The molecular formula is C21H29N3O5. The second-order valence-electron chi connectivity index (χ2n) is 7.00. The summed E-state index contributed by atoms with van der Waals surface area (Å²) in [6.45, 7) is 7.38. The zero-order valence-electron chi connectivity index (χ0n) is 16.9. The predicted molar refractivity (Wildman–Crippen MR) is 109 cm³/mol. The normalized spacial score (nSPS) is 27.2. The Kier molecular flexibility index (Phi) is 8.17. The van der Waals surface area contributed by atoms with Crippen LogP contribution in [0, 0.1) is 11.3 Å². The maximum Gasteiger partial charge on any atom is 0.262 e. The molecule has 2 rings (SSSR count). The summed E-state index contributed by atoms with van der Waals surface area (Å²) in [7, 11) is 0. The molecule has 1 saturated heterocycles. The van der Waals surface area contributed by atoms with Crippen molar-refractivity contribution in [1.82, 2.24) is 5.32 Å². The lowest BCUT2D eigenvalue weighted by Crippen LogP contribution is -2.59. The number of hydrogen-bond donors (Lipinski definition) is 4. The summed E-state index contributed by atoms with van der Waals surface area (Å²) >= 11 is 0. The van der Waals surface area contributed by atoms with Gasteiger partial charge in [0.2, 0.25) is 0 Å². The highest BCUT2D eigenvalue weighted by Crippen LogP contribution is 2.21. The number of nitrogens with one attached hydrogen (secondary N) is 1. The van der Waals surface area contributed by atoms with Crippen LogP contribution in [0.15, 0.2) is 29.8 Å². The monoisotopic (exact) mass is 403 g/mol. The first kappa shape index (κ1) is 22.8. The van der Waals surface area contributed by atoms with Crippen LogP contribution in [-0.2, 0) is 9.53 Å². The van der Waals surface area contributed by atoms with Crippen LogP contribution in [0.3, 0.4) is 0 Å². The topological polar surface area (TPSA) is 126 Å². The average Bonchev–Trinajstić information content (AvgIpc) is 2.73. The van der Waals surface area contributed by atoms with E-state index < -0.39 is 36.4 Å². The molecule has 1 aromatic carbocycles. The molecule has 0 spiro atoms. The lowest BCUT2D eigenvalue weighted by molar-refractivity contribution is -0.215. The van der Waals surface area contributed by atoms with Gasteiger partial charge >= 0.3 is 0 Å². The number of benzene rings is 1. The number of ether oxygens (including phenoxy) is 1. The molecule has 5 atom stereocenters. The van der Waals surface area contributed by atoms with Crippen molar-refractivity contribution in [2.75, 3.05) is 24.5 Å². The molecule has 1 aromatic rings. The minimum atomic E-state index is -1.36. The number of rotatable bonds is 7. The van der Waals surface area contributed by atoms with Crippen molar-refractivity contribution in [2.45, 2.75) is 51.3 Å². The predicted octanol–water partition coefficient (Wildman–Crippen LogP) is 0.426. The largest absolute Gasteiger partial charge is 0.388 e. The molecule has 8 nitrogen and oxygen atoms in total. The molecule has 0 radical (unpaired) electrons. The van der Waals surface area contributed by atoms with Gasteiger partial charge in [-0.1, -0.05) is 12.1 Å². The number of aliphatic hydroxyl groups is 3. The lowest BCUT2D eigenvalue weighted by atomic mass is 9.95. The summed E-state index contributed by atoms with van der Waals surface area (Å²) < 4.78 is 5.44. The third kappa shape index (κ3) is 5.55. The second kappa shape index (κ2) is 10.4. The van der Waals surface area contributed by atoms with Crippen molar-refractivity contribution in [2.24, 2.45) is 0 Å². The number of anilines is 1. The third-order valence-electron chi connectivity index (χ3n) is 5.11. The molecule has 1 aliphatic rings. The summed E-state index contributed by atoms with van der Waals surface area (Å²) in [4.78, 5) is 14.6. The molecule has 0 saturated carbocycles. The highest BCUT2D eigenvalue weighted by molar-refractivity contribution is 6.01. The van der Waals surface area contributed by atoms with Gasteiger partial charge in [-0.15, -0.1) is 0 Å². The quantitative estimate of drug-likeness (QED) is 0.384. The van der Waals surface area contributed by atoms with Gasteiger partial charge in [0.15, 0.2) is 0 Å². The summed E-state index contributed by atoms with van der Waals surface area (Å²) in [5.41, 5.74) is 1.70. The molecule has 1 amide bonds. The van der Waals surface area contributed by atoms with Gasteiger partial charge in [0.05, 0.1) is 6.10 Å². The van der Waals surface area contributed by atoms with E-state index in [-0.39, 0.29) is 12.1 Å². The van der Waals surface area contributed by atoms with Gasteiger partial charge < -0.3 is 30.3 Å². The number of amides is 1. The maximum atomic E-state index is 12.4. The van der Waals surface area contributed by atoms with Crippen LogP contribution < -0.4 is 10.2 Å². The number of nitrogens with zero attached hydrogens (tertiary/aromatic N) is 2. The molecule has 1 heterocycles. The number of aliphatic hydroxyl groups excluding tert-OH is 3. The van der Waals surface area contributed by atoms with Crippen molar-refractivity contribution in [3.63, 3.8) is 0 Å². The van der Waals surface area contributed by atoms with Crippen LogP contribution in [0.2, 0.25) is 0 Å². The molecule has 4 N–H and O–H groups in total. The first-order valence-corrected chi connectivity index (χ1v) is 9.77. The van der Waals surface area contributed by atoms with E-state index in [1.165, 1.54) is 6.08 Å². The van der Waals surface area contributed by atoms with Crippen molar-refractivity contribution in [3.8, 4) is 6.07 Å². The number of nitriles is 1. The van der Waals surface area contributed by atoms with Crippen LogP contribution in [-0.4, -0.2) is 71.4 Å². The van der Waals surface area contributed by atoms with E-state index in [9.17, 15) is 25.4 Å². The third-order valence-corrected chi connectivity index (χ3v) is 5.11. The molecule has 29 heavy (non-hydrogen) atoms. The Hall–Kier alpha value is -2.44. The van der Waals surface area contributed by atoms with E-state index in [1.54, 1.807) is 6.92 Å². The Balaban J connectivity index is 2.02. The fourth-order valence-electron chi connectivity index (χ4n) is 3.28. The molecular weight excluding hydrogens is 374 g/mol. The van der Waals surface area contributed by atoms with Crippen LogP contribution in [0.4, 0.5) is 5.69 Å². The van der Waals surface area contributed by atoms with Crippen LogP contribution in [0.1, 0.15) is 26.3 Å². The Labute approximate surface area is 171 Å². The summed E-state index contributed by atoms with van der Waals surface area (Å²) in [5, 5.41) is 41.4. The first-order valence-electron chi connectivity index (χ1n) is 9.77. The lowest BCUT2D eigenvalue weighted by Gasteiger charge is -2.39. The Bertz CT molecular complexity index is 755. The molecule has 1 unspecified atom stereocenters. The molecule has 0 aromatic heterocycles. The van der Waals surface area contributed by atoms with Gasteiger partial charge in [0.25, 0.3) is 5.91 Å². The van der Waals surface area contributed by atoms with Crippen molar-refractivity contribution < 1.29 is 24.9 Å². The SMILES string of the molecule is CCN(CC)c1ccc(/C=C(\C#N)C(=O)NC[C@H]2OC(C)[C@H](O)[C@@H](O)[C@@H]2O)cc1. The fraction of sp³-hybridized carbons (Fsp3) is 0.524. The molecule has 0 aliphatic carbocycles. The van der Waals surface area contributed by atoms with E-state index in [0.717, 1.165) is 18.8 Å². The van der Waals surface area contributed by atoms with Crippen LogP contribution in [0.5, 0.6) is 0 Å². The number of hydrogen-bond acceptors (Lipinski definition) is 7. The van der Waals surface area contributed by atoms with Crippen LogP contribution in [0.25, 0.3) is 6.08 Å². The summed E-state index contributed by atoms with van der Waals surface area (Å²) in [5.74, 6) is -0.607. The zero-order valence-corrected chi connectivity index (χ0v) is 16.9. The van der Waals surface area contributed by atoms with Gasteiger partial charge in [-0.2, -0.15) is 5.26 Å². The van der Waals surface area contributed by atoms with E-state index in [2.05, 4.69) is 24.1 Å². The van der Waals surface area contributed by atoms with Crippen molar-refractivity contribution in [3.05, 3.63) is 35.4 Å². The summed E-state index contributed by atoms with van der Waals surface area (Å²) in [6.07, 6.45) is -4.00. The van der Waals surface area contributed by atoms with Gasteiger partial charge in [0, 0.05) is 25.3 Å². The van der Waals surface area contributed by atoms with E-state index in [4.69, 9.17) is 4.74 Å². The molecule has 158 valence electrons. The van der Waals surface area contributed by atoms with Gasteiger partial charge in [-0.25, -0.2) is 0 Å². The molecule has 1 aliphatic heterocycles. The summed E-state index contributed by atoms with van der Waals surface area (Å²) in [6, 6.07) is 9.43. The molecule has 0 bridgehead atoms. The molecule has 8 heteroatoms.